The maximum Gasteiger partial charge on any atom is 0.126 e. The predicted molar refractivity (Wildman–Crippen MR) is 85.6 cm³/mol. The molecule has 0 fully saturated rings. The summed E-state index contributed by atoms with van der Waals surface area (Å²) < 4.78 is 20.0. The van der Waals surface area contributed by atoms with Crippen LogP contribution in [-0.4, -0.2) is 7.11 Å². The molecular formula is C16H18BrFN2O. The molecule has 21 heavy (non-hydrogen) atoms. The monoisotopic (exact) mass is 352 g/mol. The van der Waals surface area contributed by atoms with Gasteiger partial charge in [-0.1, -0.05) is 28.1 Å². The van der Waals surface area contributed by atoms with Gasteiger partial charge in [-0.2, -0.15) is 0 Å². The van der Waals surface area contributed by atoms with Gasteiger partial charge in [0.25, 0.3) is 0 Å². The molecule has 3 nitrogen and oxygen atoms in total. The normalized spacial score (nSPS) is 12.2. The maximum absolute atomic E-state index is 13.9. The molecule has 5 heteroatoms. The van der Waals surface area contributed by atoms with Crippen LogP contribution in [0.5, 0.6) is 5.75 Å². The smallest absolute Gasteiger partial charge is 0.126 e. The predicted octanol–water partition coefficient (Wildman–Crippen LogP) is 3.65. The lowest BCUT2D eigenvalue weighted by Crippen LogP contribution is -2.29. The zero-order chi connectivity index (χ0) is 15.4. The molecule has 0 radical (unpaired) electrons. The summed E-state index contributed by atoms with van der Waals surface area (Å²) in [7, 11) is 1.64. The van der Waals surface area contributed by atoms with E-state index in [-0.39, 0.29) is 11.9 Å². The van der Waals surface area contributed by atoms with Gasteiger partial charge >= 0.3 is 0 Å². The van der Waals surface area contributed by atoms with Crippen LogP contribution in [0.1, 0.15) is 22.7 Å². The SMILES string of the molecule is COc1ccc(C(Cc2cc(Br)ccc2F)NN)cc1C. The van der Waals surface area contributed by atoms with Gasteiger partial charge in [0.05, 0.1) is 13.2 Å². The number of rotatable bonds is 5. The Labute approximate surface area is 132 Å². The van der Waals surface area contributed by atoms with E-state index in [0.29, 0.717) is 12.0 Å². The van der Waals surface area contributed by atoms with Gasteiger partial charge in [0.2, 0.25) is 0 Å². The fourth-order valence-corrected chi connectivity index (χ4v) is 2.72. The number of hydrogen-bond acceptors (Lipinski definition) is 3. The van der Waals surface area contributed by atoms with Gasteiger partial charge in [-0.3, -0.25) is 11.3 Å². The van der Waals surface area contributed by atoms with Crippen molar-refractivity contribution in [2.24, 2.45) is 5.84 Å². The Hall–Kier alpha value is -1.43. The van der Waals surface area contributed by atoms with Crippen molar-refractivity contribution < 1.29 is 9.13 Å². The van der Waals surface area contributed by atoms with Crippen LogP contribution in [0.25, 0.3) is 0 Å². The fourth-order valence-electron chi connectivity index (χ4n) is 2.31. The Kier molecular flexibility index (Phi) is 5.33. The fraction of sp³-hybridized carbons (Fsp3) is 0.250. The minimum Gasteiger partial charge on any atom is -0.496 e. The van der Waals surface area contributed by atoms with Crippen LogP contribution in [0.2, 0.25) is 0 Å². The van der Waals surface area contributed by atoms with Crippen molar-refractivity contribution in [1.82, 2.24) is 5.43 Å². The van der Waals surface area contributed by atoms with E-state index in [1.54, 1.807) is 19.2 Å². The van der Waals surface area contributed by atoms with Crippen LogP contribution < -0.4 is 16.0 Å². The third-order valence-corrected chi connectivity index (χ3v) is 3.95. The van der Waals surface area contributed by atoms with Crippen LogP contribution >= 0.6 is 15.9 Å². The first-order valence-electron chi connectivity index (χ1n) is 6.59. The summed E-state index contributed by atoms with van der Waals surface area (Å²) in [6.45, 7) is 1.97. The molecule has 0 heterocycles. The van der Waals surface area contributed by atoms with Crippen molar-refractivity contribution in [3.63, 3.8) is 0 Å². The second kappa shape index (κ2) is 7.02. The lowest BCUT2D eigenvalue weighted by atomic mass is 9.97. The van der Waals surface area contributed by atoms with E-state index >= 15 is 0 Å². The summed E-state index contributed by atoms with van der Waals surface area (Å²) in [5, 5.41) is 0. The van der Waals surface area contributed by atoms with Gasteiger partial charge in [0.15, 0.2) is 0 Å². The van der Waals surface area contributed by atoms with Crippen molar-refractivity contribution in [3.05, 3.63) is 63.4 Å². The van der Waals surface area contributed by atoms with Crippen LogP contribution in [0.15, 0.2) is 40.9 Å². The number of nitrogens with two attached hydrogens (primary N) is 1. The third kappa shape index (κ3) is 3.81. The Bertz CT molecular complexity index is 634. The molecule has 0 amide bonds. The number of halogens is 2. The van der Waals surface area contributed by atoms with E-state index in [1.165, 1.54) is 6.07 Å². The van der Waals surface area contributed by atoms with Crippen molar-refractivity contribution in [1.29, 1.82) is 0 Å². The van der Waals surface area contributed by atoms with E-state index in [4.69, 9.17) is 10.6 Å². The molecule has 0 aromatic heterocycles. The minimum absolute atomic E-state index is 0.168. The molecule has 0 aliphatic rings. The third-order valence-electron chi connectivity index (χ3n) is 3.45. The molecule has 1 atom stereocenters. The topological polar surface area (TPSA) is 47.3 Å². The summed E-state index contributed by atoms with van der Waals surface area (Å²) in [6, 6.07) is 10.6. The lowest BCUT2D eigenvalue weighted by Gasteiger charge is -2.18. The number of benzene rings is 2. The summed E-state index contributed by atoms with van der Waals surface area (Å²) in [4.78, 5) is 0. The molecule has 2 aromatic rings. The molecular weight excluding hydrogens is 335 g/mol. The Balaban J connectivity index is 2.27. The highest BCUT2D eigenvalue weighted by Gasteiger charge is 2.14. The van der Waals surface area contributed by atoms with Crippen molar-refractivity contribution >= 4 is 15.9 Å². The van der Waals surface area contributed by atoms with E-state index in [9.17, 15) is 4.39 Å². The van der Waals surface area contributed by atoms with Crippen LogP contribution in [0.4, 0.5) is 4.39 Å². The number of hydrazine groups is 1. The first-order valence-corrected chi connectivity index (χ1v) is 7.39. The second-order valence-corrected chi connectivity index (χ2v) is 5.80. The molecule has 2 rings (SSSR count). The minimum atomic E-state index is -0.233. The number of ether oxygens (including phenoxy) is 1. The maximum atomic E-state index is 13.9. The number of nitrogens with one attached hydrogen (secondary N) is 1. The number of hydrogen-bond donors (Lipinski definition) is 2. The molecule has 112 valence electrons. The Morgan fingerprint density at radius 3 is 2.67 bits per heavy atom. The highest BCUT2D eigenvalue weighted by Crippen LogP contribution is 2.26. The molecule has 1 unspecified atom stereocenters. The Morgan fingerprint density at radius 2 is 2.05 bits per heavy atom. The lowest BCUT2D eigenvalue weighted by molar-refractivity contribution is 0.411. The average molecular weight is 353 g/mol. The summed E-state index contributed by atoms with van der Waals surface area (Å²) >= 11 is 3.36. The van der Waals surface area contributed by atoms with E-state index in [1.807, 2.05) is 25.1 Å². The zero-order valence-corrected chi connectivity index (χ0v) is 13.6. The first kappa shape index (κ1) is 15.9. The summed E-state index contributed by atoms with van der Waals surface area (Å²) in [5.74, 6) is 6.24. The Morgan fingerprint density at radius 1 is 1.29 bits per heavy atom. The van der Waals surface area contributed by atoms with E-state index in [2.05, 4.69) is 21.4 Å². The molecule has 2 aromatic carbocycles. The van der Waals surface area contributed by atoms with Gasteiger partial charge in [-0.15, -0.1) is 0 Å². The second-order valence-electron chi connectivity index (χ2n) is 4.89. The molecule has 0 bridgehead atoms. The summed E-state index contributed by atoms with van der Waals surface area (Å²) in [5.41, 5.74) is 5.38. The van der Waals surface area contributed by atoms with Gasteiger partial charge in [0.1, 0.15) is 11.6 Å². The number of aryl methyl sites for hydroxylation is 1. The van der Waals surface area contributed by atoms with Gasteiger partial charge in [-0.25, -0.2) is 4.39 Å². The van der Waals surface area contributed by atoms with Crippen molar-refractivity contribution in [2.75, 3.05) is 7.11 Å². The average Bonchev–Trinajstić information content (AvgIpc) is 2.48. The first-order chi connectivity index (χ1) is 10.0. The van der Waals surface area contributed by atoms with Crippen LogP contribution in [0, 0.1) is 12.7 Å². The van der Waals surface area contributed by atoms with Gasteiger partial charge < -0.3 is 4.74 Å². The number of methoxy groups -OCH3 is 1. The van der Waals surface area contributed by atoms with Crippen molar-refractivity contribution in [2.45, 2.75) is 19.4 Å². The molecule has 0 saturated carbocycles. The molecule has 0 aliphatic heterocycles. The van der Waals surface area contributed by atoms with Gasteiger partial charge in [0, 0.05) is 4.47 Å². The van der Waals surface area contributed by atoms with Crippen LogP contribution in [0.3, 0.4) is 0 Å². The summed E-state index contributed by atoms with van der Waals surface area (Å²) in [6.07, 6.45) is 0.466. The van der Waals surface area contributed by atoms with E-state index in [0.717, 1.165) is 21.3 Å². The zero-order valence-electron chi connectivity index (χ0n) is 12.0. The largest absolute Gasteiger partial charge is 0.496 e. The molecule has 3 N–H and O–H groups in total. The van der Waals surface area contributed by atoms with Gasteiger partial charge in [-0.05, 0) is 54.3 Å². The van der Waals surface area contributed by atoms with Crippen LogP contribution in [-0.2, 0) is 6.42 Å². The van der Waals surface area contributed by atoms with Crippen molar-refractivity contribution in [3.8, 4) is 5.75 Å². The highest BCUT2D eigenvalue weighted by molar-refractivity contribution is 9.10. The molecule has 0 aliphatic carbocycles. The quantitative estimate of drug-likeness (QED) is 0.637. The molecule has 0 spiro atoms. The standard InChI is InChI=1S/C16H18BrFN2O/c1-10-7-11(3-6-16(10)21-2)15(20-19)9-12-8-13(17)4-5-14(12)18/h3-8,15,20H,9,19H2,1-2H3. The molecule has 0 saturated heterocycles. The highest BCUT2D eigenvalue weighted by atomic mass is 79.9. The van der Waals surface area contributed by atoms with E-state index < -0.39 is 0 Å².